The van der Waals surface area contributed by atoms with E-state index in [1.165, 1.54) is 14.1 Å². The predicted molar refractivity (Wildman–Crippen MR) is 135 cm³/mol. The molecule has 0 aliphatic carbocycles. The second-order valence-electron chi connectivity index (χ2n) is 7.40. The third-order valence-electron chi connectivity index (χ3n) is 4.99. The van der Waals surface area contributed by atoms with Crippen LogP contribution < -0.4 is 21.3 Å². The molecule has 0 aliphatic rings. The van der Waals surface area contributed by atoms with Crippen LogP contribution in [0.2, 0.25) is 0 Å². The Bertz CT molecular complexity index is 1340. The van der Waals surface area contributed by atoms with Gasteiger partial charge in [-0.15, -0.1) is 0 Å². The molecule has 3 rings (SSSR count). The van der Waals surface area contributed by atoms with E-state index in [2.05, 4.69) is 10.3 Å². The van der Waals surface area contributed by atoms with E-state index in [1.54, 1.807) is 30.3 Å². The molecular weight excluding hydrogens is 456 g/mol. The number of anilines is 1. The molecule has 0 saturated carbocycles. The topological polar surface area (TPSA) is 115 Å². The van der Waals surface area contributed by atoms with Crippen LogP contribution in [0.25, 0.3) is 0 Å². The van der Waals surface area contributed by atoms with Crippen molar-refractivity contribution in [3.05, 3.63) is 80.5 Å². The second-order valence-corrected chi connectivity index (χ2v) is 8.36. The zero-order valence-corrected chi connectivity index (χ0v) is 20.2. The van der Waals surface area contributed by atoms with Crippen LogP contribution in [0.15, 0.2) is 63.1 Å². The number of rotatable bonds is 7. The smallest absolute Gasteiger partial charge is 0.333 e. The summed E-state index contributed by atoms with van der Waals surface area (Å²) in [4.78, 5) is 42.2. The monoisotopic (exact) mass is 482 g/mol. The first-order valence-electron chi connectivity index (χ1n) is 10.5. The van der Waals surface area contributed by atoms with Gasteiger partial charge in [0.05, 0.1) is 18.0 Å². The number of ether oxygens (including phenoxy) is 1. The van der Waals surface area contributed by atoms with Gasteiger partial charge in [-0.3, -0.25) is 18.7 Å². The van der Waals surface area contributed by atoms with Gasteiger partial charge in [-0.1, -0.05) is 30.0 Å². The molecule has 0 saturated heterocycles. The quantitative estimate of drug-likeness (QED) is 0.395. The van der Waals surface area contributed by atoms with Crippen molar-refractivity contribution in [2.24, 2.45) is 19.1 Å². The molecule has 0 radical (unpaired) electrons. The third-order valence-corrected chi connectivity index (χ3v) is 5.96. The Labute approximate surface area is 200 Å². The Morgan fingerprint density at radius 2 is 1.76 bits per heavy atom. The van der Waals surface area contributed by atoms with Crippen molar-refractivity contribution >= 4 is 34.1 Å². The first-order valence-corrected chi connectivity index (χ1v) is 11.5. The summed E-state index contributed by atoms with van der Waals surface area (Å²) >= 11 is 0.987. The standard InChI is InChI=1S/C24H26N4O5S/c1-5-33-17-12-10-16(11-13-17)25-21(20-22(30)27(3)24(32)28(4)23(20)31)34-14-19(29)26-18-9-7-6-8-15(18)2/h6-13,30H,5,14H2,1-4H3,(H,26,29). The van der Waals surface area contributed by atoms with Gasteiger partial charge in [0.1, 0.15) is 16.4 Å². The number of aliphatic imine (C=N–C) groups is 1. The molecule has 0 aliphatic heterocycles. The van der Waals surface area contributed by atoms with Crippen molar-refractivity contribution in [1.82, 2.24) is 9.13 Å². The van der Waals surface area contributed by atoms with E-state index in [0.717, 1.165) is 26.5 Å². The van der Waals surface area contributed by atoms with E-state index in [1.807, 2.05) is 32.0 Å². The van der Waals surface area contributed by atoms with Gasteiger partial charge in [-0.25, -0.2) is 9.79 Å². The Kier molecular flexibility index (Phi) is 7.95. The summed E-state index contributed by atoms with van der Waals surface area (Å²) in [7, 11) is 2.67. The Morgan fingerprint density at radius 3 is 2.41 bits per heavy atom. The van der Waals surface area contributed by atoms with E-state index in [0.29, 0.717) is 23.7 Å². The molecule has 2 aromatic carbocycles. The van der Waals surface area contributed by atoms with E-state index in [4.69, 9.17) is 4.74 Å². The third kappa shape index (κ3) is 5.57. The lowest BCUT2D eigenvalue weighted by Gasteiger charge is -2.13. The van der Waals surface area contributed by atoms with Crippen molar-refractivity contribution in [1.29, 1.82) is 0 Å². The van der Waals surface area contributed by atoms with Crippen molar-refractivity contribution in [3.8, 4) is 11.6 Å². The van der Waals surface area contributed by atoms with Gasteiger partial charge in [0.25, 0.3) is 5.56 Å². The highest BCUT2D eigenvalue weighted by molar-refractivity contribution is 8.15. The summed E-state index contributed by atoms with van der Waals surface area (Å²) in [6.45, 7) is 4.27. The number of aromatic hydroxyl groups is 1. The lowest BCUT2D eigenvalue weighted by molar-refractivity contribution is -0.113. The molecule has 34 heavy (non-hydrogen) atoms. The SMILES string of the molecule is CCOc1ccc(N=C(SCC(=O)Nc2ccccc2C)c2c(O)n(C)c(=O)n(C)c2=O)cc1. The molecule has 0 spiro atoms. The van der Waals surface area contributed by atoms with Crippen LogP contribution in [0.5, 0.6) is 11.6 Å². The molecule has 2 N–H and O–H groups in total. The fourth-order valence-corrected chi connectivity index (χ4v) is 3.95. The average Bonchev–Trinajstić information content (AvgIpc) is 2.82. The molecule has 0 bridgehead atoms. The minimum absolute atomic E-state index is 0.0738. The second kappa shape index (κ2) is 10.9. The number of nitrogens with zero attached hydrogens (tertiary/aromatic N) is 3. The van der Waals surface area contributed by atoms with E-state index in [9.17, 15) is 19.5 Å². The summed E-state index contributed by atoms with van der Waals surface area (Å²) in [6, 6.07) is 14.2. The number of carbonyl (C=O) groups excluding carboxylic acids is 1. The highest BCUT2D eigenvalue weighted by atomic mass is 32.2. The number of nitrogens with one attached hydrogen (secondary N) is 1. The van der Waals surface area contributed by atoms with Crippen LogP contribution in [0.1, 0.15) is 18.1 Å². The Morgan fingerprint density at radius 1 is 1.09 bits per heavy atom. The Balaban J connectivity index is 1.98. The van der Waals surface area contributed by atoms with Crippen molar-refractivity contribution in [2.45, 2.75) is 13.8 Å². The number of benzene rings is 2. The maximum Gasteiger partial charge on any atom is 0.333 e. The number of para-hydroxylation sites is 1. The van der Waals surface area contributed by atoms with Crippen LogP contribution in [-0.2, 0) is 18.9 Å². The molecule has 9 nitrogen and oxygen atoms in total. The molecule has 10 heteroatoms. The maximum absolute atomic E-state index is 12.9. The van der Waals surface area contributed by atoms with Crippen LogP contribution in [0, 0.1) is 6.92 Å². The van der Waals surface area contributed by atoms with Gasteiger partial charge < -0.3 is 15.2 Å². The number of aromatic nitrogens is 2. The van der Waals surface area contributed by atoms with Crippen molar-refractivity contribution in [3.63, 3.8) is 0 Å². The first-order chi connectivity index (χ1) is 16.2. The highest BCUT2D eigenvalue weighted by Gasteiger charge is 2.22. The number of thioether (sulfide) groups is 1. The lowest BCUT2D eigenvalue weighted by atomic mass is 10.2. The largest absolute Gasteiger partial charge is 0.494 e. The summed E-state index contributed by atoms with van der Waals surface area (Å²) < 4.78 is 7.28. The van der Waals surface area contributed by atoms with Gasteiger partial charge in [-0.2, -0.15) is 0 Å². The van der Waals surface area contributed by atoms with E-state index < -0.39 is 17.1 Å². The average molecular weight is 483 g/mol. The van der Waals surface area contributed by atoms with Crippen molar-refractivity contribution < 1.29 is 14.6 Å². The Hall–Kier alpha value is -3.79. The van der Waals surface area contributed by atoms with Gasteiger partial charge in [0.2, 0.25) is 11.8 Å². The predicted octanol–water partition coefficient (Wildman–Crippen LogP) is 2.95. The molecule has 178 valence electrons. The molecule has 0 atom stereocenters. The first kappa shape index (κ1) is 24.8. The number of carbonyl (C=O) groups is 1. The summed E-state index contributed by atoms with van der Waals surface area (Å²) in [5.41, 5.74) is 0.534. The zero-order valence-electron chi connectivity index (χ0n) is 19.4. The van der Waals surface area contributed by atoms with Gasteiger partial charge in [0.15, 0.2) is 0 Å². The van der Waals surface area contributed by atoms with Gasteiger partial charge >= 0.3 is 5.69 Å². The van der Waals surface area contributed by atoms with Gasteiger partial charge in [-0.05, 0) is 49.7 Å². The summed E-state index contributed by atoms with van der Waals surface area (Å²) in [5, 5.41) is 13.6. The molecule has 3 aromatic rings. The molecule has 0 fully saturated rings. The van der Waals surface area contributed by atoms with Crippen LogP contribution in [0.3, 0.4) is 0 Å². The van der Waals surface area contributed by atoms with Crippen LogP contribution in [0.4, 0.5) is 11.4 Å². The molecular formula is C24H26N4O5S. The summed E-state index contributed by atoms with van der Waals surface area (Å²) in [5.74, 6) is -0.242. The van der Waals surface area contributed by atoms with Gasteiger partial charge in [0, 0.05) is 19.8 Å². The molecule has 1 aromatic heterocycles. The number of hydrogen-bond acceptors (Lipinski definition) is 7. The minimum Gasteiger partial charge on any atom is -0.494 e. The molecule has 1 amide bonds. The van der Waals surface area contributed by atoms with E-state index in [-0.39, 0.29) is 22.3 Å². The molecule has 1 heterocycles. The van der Waals surface area contributed by atoms with Crippen LogP contribution >= 0.6 is 11.8 Å². The zero-order chi connectivity index (χ0) is 24.8. The number of amides is 1. The maximum atomic E-state index is 12.9. The minimum atomic E-state index is -0.711. The molecule has 0 unspecified atom stereocenters. The number of hydrogen-bond donors (Lipinski definition) is 2. The van der Waals surface area contributed by atoms with Crippen LogP contribution in [-0.4, -0.2) is 37.6 Å². The normalized spacial score (nSPS) is 11.4. The van der Waals surface area contributed by atoms with E-state index >= 15 is 0 Å². The fourth-order valence-electron chi connectivity index (χ4n) is 3.12. The highest BCUT2D eigenvalue weighted by Crippen LogP contribution is 2.25. The lowest BCUT2D eigenvalue weighted by Crippen LogP contribution is -2.39. The summed E-state index contributed by atoms with van der Waals surface area (Å²) in [6.07, 6.45) is 0. The van der Waals surface area contributed by atoms with Crippen molar-refractivity contribution in [2.75, 3.05) is 17.7 Å². The fraction of sp³-hybridized carbons (Fsp3) is 0.250. The number of aryl methyl sites for hydroxylation is 1.